The summed E-state index contributed by atoms with van der Waals surface area (Å²) in [5, 5.41) is 0. The molecule has 5 rings (SSSR count). The third-order valence-electron chi connectivity index (χ3n) is 7.62. The average molecular weight is 426 g/mol. The van der Waals surface area contributed by atoms with E-state index in [1.54, 1.807) is 0 Å². The second-order valence-electron chi connectivity index (χ2n) is 9.17. The first-order chi connectivity index (χ1) is 14.1. The second-order valence-corrected chi connectivity index (χ2v) is 9.17. The van der Waals surface area contributed by atoms with Crippen LogP contribution < -0.4 is 17.0 Å². The highest BCUT2D eigenvalue weighted by Crippen LogP contribution is 2.61. The van der Waals surface area contributed by atoms with Crippen LogP contribution in [0.15, 0.2) is 15.4 Å². The number of hydrogen-bond acceptors (Lipinski definition) is 5. The van der Waals surface area contributed by atoms with Crippen molar-refractivity contribution in [1.29, 1.82) is 0 Å². The van der Waals surface area contributed by atoms with E-state index in [9.17, 15) is 18.4 Å². The Labute approximate surface area is 170 Å². The molecule has 1 aromatic heterocycles. The van der Waals surface area contributed by atoms with Crippen molar-refractivity contribution < 1.29 is 17.9 Å². The summed E-state index contributed by atoms with van der Waals surface area (Å²) in [6.07, 6.45) is 0.245. The van der Waals surface area contributed by atoms with Crippen LogP contribution in [0, 0.1) is 17.8 Å². The number of likely N-dealkylation sites (tertiary alicyclic amines) is 1. The highest BCUT2D eigenvalue weighted by Gasteiger charge is 2.66. The van der Waals surface area contributed by atoms with E-state index in [2.05, 4.69) is 9.97 Å². The fourth-order valence-corrected chi connectivity index (χ4v) is 6.22. The summed E-state index contributed by atoms with van der Waals surface area (Å²) in [4.78, 5) is 31.1. The molecule has 3 fully saturated rings. The van der Waals surface area contributed by atoms with Crippen LogP contribution in [0.3, 0.4) is 0 Å². The highest BCUT2D eigenvalue weighted by molar-refractivity contribution is 5.72. The van der Waals surface area contributed by atoms with Crippen molar-refractivity contribution >= 4 is 5.57 Å². The van der Waals surface area contributed by atoms with Crippen LogP contribution in [-0.4, -0.2) is 52.6 Å². The van der Waals surface area contributed by atoms with Gasteiger partial charge in [0, 0.05) is 26.6 Å². The maximum absolute atomic E-state index is 16.2. The Morgan fingerprint density at radius 2 is 1.90 bits per heavy atom. The van der Waals surface area contributed by atoms with Crippen molar-refractivity contribution in [1.82, 2.24) is 14.9 Å². The zero-order valence-corrected chi connectivity index (χ0v) is 16.8. The molecule has 0 radical (unpaired) electrons. The molecule has 30 heavy (non-hydrogen) atoms. The van der Waals surface area contributed by atoms with Gasteiger partial charge < -0.3 is 15.5 Å². The van der Waals surface area contributed by atoms with Gasteiger partial charge in [0.05, 0.1) is 17.3 Å². The quantitative estimate of drug-likeness (QED) is 0.680. The maximum atomic E-state index is 16.2. The summed E-state index contributed by atoms with van der Waals surface area (Å²) < 4.78 is 50.2. The number of aromatic nitrogens is 2. The third-order valence-corrected chi connectivity index (χ3v) is 7.62. The largest absolute Gasteiger partial charge is 0.373 e. The minimum Gasteiger partial charge on any atom is -0.373 e. The highest BCUT2D eigenvalue weighted by atomic mass is 19.3. The fraction of sp³-hybridized carbons (Fsp3) is 0.700. The Balaban J connectivity index is 1.66. The summed E-state index contributed by atoms with van der Waals surface area (Å²) >= 11 is 0. The number of methoxy groups -OCH3 is 1. The van der Waals surface area contributed by atoms with Gasteiger partial charge in [-0.05, 0) is 43.1 Å². The zero-order chi connectivity index (χ0) is 21.6. The van der Waals surface area contributed by atoms with Crippen molar-refractivity contribution in [3.63, 3.8) is 0 Å². The number of nitrogens with one attached hydrogen (secondary N) is 2. The Bertz CT molecular complexity index is 1050. The minimum absolute atomic E-state index is 0.0675. The molecule has 5 unspecified atom stereocenters. The molecule has 1 aromatic rings. The van der Waals surface area contributed by atoms with Gasteiger partial charge in [0.25, 0.3) is 11.5 Å². The molecular formula is C20H25F3N4O3. The molecular weight excluding hydrogens is 401 g/mol. The number of aromatic amines is 2. The van der Waals surface area contributed by atoms with E-state index >= 15 is 4.39 Å². The first-order valence-corrected chi connectivity index (χ1v) is 10.3. The number of H-pyrrole nitrogens is 2. The van der Waals surface area contributed by atoms with Crippen molar-refractivity contribution in [2.75, 3.05) is 20.2 Å². The van der Waals surface area contributed by atoms with E-state index in [0.717, 1.165) is 12.8 Å². The minimum atomic E-state index is -2.92. The monoisotopic (exact) mass is 426 g/mol. The van der Waals surface area contributed by atoms with Gasteiger partial charge in [-0.2, -0.15) is 0 Å². The normalized spacial score (nSPS) is 38.1. The molecule has 4 aliphatic rings. The SMILES string of the molecule is COC1c2[nH]c(=O)[nH]c(=O)c2C(C)=C(F)C1(C1CC1)N1CC2CC(F)(F)C(N)C2C1. The number of nitrogens with zero attached hydrogens (tertiary/aromatic N) is 1. The second kappa shape index (κ2) is 6.30. The summed E-state index contributed by atoms with van der Waals surface area (Å²) in [7, 11) is 1.41. The van der Waals surface area contributed by atoms with Crippen LogP contribution in [0.25, 0.3) is 5.57 Å². The van der Waals surface area contributed by atoms with E-state index in [4.69, 9.17) is 10.5 Å². The number of nitrogens with two attached hydrogens (primary N) is 1. The van der Waals surface area contributed by atoms with Crippen molar-refractivity contribution in [3.05, 3.63) is 37.9 Å². The van der Waals surface area contributed by atoms with E-state index in [-0.39, 0.29) is 48.2 Å². The predicted molar refractivity (Wildman–Crippen MR) is 103 cm³/mol. The van der Waals surface area contributed by atoms with Crippen LogP contribution >= 0.6 is 0 Å². The van der Waals surface area contributed by atoms with Gasteiger partial charge in [-0.15, -0.1) is 0 Å². The fourth-order valence-electron chi connectivity index (χ4n) is 6.22. The molecule has 7 nitrogen and oxygen atoms in total. The number of halogens is 3. The molecule has 10 heteroatoms. The number of alkyl halides is 2. The smallest absolute Gasteiger partial charge is 0.326 e. The molecule has 2 heterocycles. The molecule has 0 aromatic carbocycles. The molecule has 1 aliphatic heterocycles. The maximum Gasteiger partial charge on any atom is 0.326 e. The van der Waals surface area contributed by atoms with Crippen molar-refractivity contribution in [2.24, 2.45) is 23.5 Å². The topological polar surface area (TPSA) is 104 Å². The standard InChI is InChI=1S/C20H25F3N4O3/c1-8-12-13(25-18(29)26-17(12)28)16(30-2)20(14(8)21,10-3-4-10)27-6-9-5-19(22,23)15(24)11(9)7-27/h9-11,15-16H,3-7,24H2,1-2H3,(H2,25,26,28,29). The molecule has 1 saturated heterocycles. The molecule has 0 amide bonds. The number of hydrogen-bond donors (Lipinski definition) is 3. The van der Waals surface area contributed by atoms with Gasteiger partial charge >= 0.3 is 5.69 Å². The lowest BCUT2D eigenvalue weighted by molar-refractivity contribution is -0.0684. The van der Waals surface area contributed by atoms with Crippen LogP contribution in [0.5, 0.6) is 0 Å². The molecule has 3 aliphatic carbocycles. The van der Waals surface area contributed by atoms with Crippen LogP contribution in [0.2, 0.25) is 0 Å². The van der Waals surface area contributed by atoms with E-state index < -0.39 is 46.6 Å². The molecule has 0 spiro atoms. The Morgan fingerprint density at radius 3 is 2.50 bits per heavy atom. The zero-order valence-electron chi connectivity index (χ0n) is 16.8. The van der Waals surface area contributed by atoms with Gasteiger partial charge in [-0.25, -0.2) is 18.0 Å². The molecule has 2 saturated carbocycles. The Kier molecular flexibility index (Phi) is 4.21. The number of allylic oxidation sites excluding steroid dienone is 1. The number of ether oxygens (including phenoxy) is 1. The lowest BCUT2D eigenvalue weighted by atomic mass is 9.74. The summed E-state index contributed by atoms with van der Waals surface area (Å²) in [6.45, 7) is 2.01. The Hall–Kier alpha value is -1.91. The summed E-state index contributed by atoms with van der Waals surface area (Å²) in [5.41, 5.74) is 3.70. The predicted octanol–water partition coefficient (Wildman–Crippen LogP) is 1.53. The van der Waals surface area contributed by atoms with Crippen LogP contribution in [0.1, 0.15) is 43.5 Å². The molecule has 5 atom stereocenters. The van der Waals surface area contributed by atoms with Crippen LogP contribution in [-0.2, 0) is 4.74 Å². The van der Waals surface area contributed by atoms with Crippen molar-refractivity contribution in [2.45, 2.75) is 49.8 Å². The van der Waals surface area contributed by atoms with E-state index in [1.165, 1.54) is 14.0 Å². The van der Waals surface area contributed by atoms with Gasteiger partial charge in [-0.3, -0.25) is 14.7 Å². The Morgan fingerprint density at radius 1 is 1.20 bits per heavy atom. The van der Waals surface area contributed by atoms with Gasteiger partial charge in [0.2, 0.25) is 0 Å². The van der Waals surface area contributed by atoms with Gasteiger partial charge in [0.1, 0.15) is 17.5 Å². The van der Waals surface area contributed by atoms with Crippen molar-refractivity contribution in [3.8, 4) is 0 Å². The summed E-state index contributed by atoms with van der Waals surface area (Å²) in [6, 6.07) is -1.27. The average Bonchev–Trinajstić information content (AvgIpc) is 3.39. The number of fused-ring (bicyclic) bond motifs is 2. The van der Waals surface area contributed by atoms with Gasteiger partial charge in [0.15, 0.2) is 0 Å². The van der Waals surface area contributed by atoms with Crippen LogP contribution in [0.4, 0.5) is 13.2 Å². The van der Waals surface area contributed by atoms with Gasteiger partial charge in [-0.1, -0.05) is 0 Å². The van der Waals surface area contributed by atoms with E-state index in [0.29, 0.717) is 0 Å². The summed E-state index contributed by atoms with van der Waals surface area (Å²) in [5.74, 6) is -4.29. The number of rotatable bonds is 3. The van der Waals surface area contributed by atoms with E-state index in [1.807, 2.05) is 4.90 Å². The first kappa shape index (κ1) is 20.0. The lowest BCUT2D eigenvalue weighted by Gasteiger charge is -2.49. The molecule has 164 valence electrons. The first-order valence-electron chi connectivity index (χ1n) is 10.3. The molecule has 4 N–H and O–H groups in total. The third kappa shape index (κ3) is 2.44. The lowest BCUT2D eigenvalue weighted by Crippen LogP contribution is -2.58. The molecule has 0 bridgehead atoms.